The molecule has 1 unspecified atom stereocenters. The third-order valence-electron chi connectivity index (χ3n) is 19.8. The molecule has 4 aliphatic rings. The van der Waals surface area contributed by atoms with Gasteiger partial charge in [-0.2, -0.15) is 0 Å². The summed E-state index contributed by atoms with van der Waals surface area (Å²) in [5.41, 5.74) is 26.8. The van der Waals surface area contributed by atoms with Crippen molar-refractivity contribution in [3.8, 4) is 11.5 Å². The highest BCUT2D eigenvalue weighted by atomic mass is 15.3. The van der Waals surface area contributed by atoms with Crippen LogP contribution < -0.4 is 47.5 Å². The van der Waals surface area contributed by atoms with E-state index in [-0.39, 0.29) is 19.3 Å². The average Bonchev–Trinajstić information content (AvgIpc) is 1.02. The Bertz CT molecular complexity index is 5250. The number of rotatable bonds is 8. The van der Waals surface area contributed by atoms with Crippen molar-refractivity contribution in [2.24, 2.45) is 0 Å². The summed E-state index contributed by atoms with van der Waals surface area (Å²) in [4.78, 5) is 13.7. The van der Waals surface area contributed by atoms with E-state index in [1.807, 2.05) is 0 Å². The lowest BCUT2D eigenvalue weighted by atomic mass is 9.30. The number of hydrogen-bond donors (Lipinski definition) is 0. The standard InChI is InChI=1S/C81H56B2N6/c1-5-25-53(26-6-1)45-46-54-47-55-48-59(87-69-40-20-14-34-61(69)62-35-15-21-41-70(62)87)49-76-79(55)82(65-38-18-13-33-60(54)65)67-50-68-75(51-74(67)86(76)57-29-9-3-10-30-57)88(58-31-11-4-12-32-58)81-80-77(85(56-27-7-2-8-28-56)73-44-24-19-39-66(73)83(68)80)52-78(84-81)89-71-42-22-16-36-63(71)64-37-17-23-43-72(64)89/h1-44,48-52,54H,45-47H2. The van der Waals surface area contributed by atoms with Gasteiger partial charge in [0.2, 0.25) is 6.71 Å². The first kappa shape index (κ1) is 50.1. The van der Waals surface area contributed by atoms with Crippen molar-refractivity contribution in [3.63, 3.8) is 0 Å². The summed E-state index contributed by atoms with van der Waals surface area (Å²) < 4.78 is 4.92. The Morgan fingerprint density at radius 2 is 0.798 bits per heavy atom. The fraction of sp³-hybridized carbons (Fsp3) is 0.0494. The maximum Gasteiger partial charge on any atom is 0.254 e. The number of hydrogen-bond acceptors (Lipinski definition) is 4. The van der Waals surface area contributed by atoms with Crippen LogP contribution in [0.5, 0.6) is 0 Å². The van der Waals surface area contributed by atoms with E-state index in [1.165, 1.54) is 93.4 Å². The van der Waals surface area contributed by atoms with Gasteiger partial charge in [0.05, 0.1) is 22.1 Å². The Labute approximate surface area is 517 Å². The van der Waals surface area contributed by atoms with Crippen molar-refractivity contribution >= 4 is 141 Å². The van der Waals surface area contributed by atoms with Crippen LogP contribution in [0.4, 0.5) is 51.3 Å². The monoisotopic (exact) mass is 1130 g/mol. The molecule has 3 aromatic heterocycles. The molecular weight excluding hydrogens is 1080 g/mol. The van der Waals surface area contributed by atoms with Crippen molar-refractivity contribution in [3.05, 3.63) is 314 Å². The fourth-order valence-electron chi connectivity index (χ4n) is 16.2. The first-order valence-electron chi connectivity index (χ1n) is 31.3. The first-order valence-corrected chi connectivity index (χ1v) is 31.3. The predicted octanol–water partition coefficient (Wildman–Crippen LogP) is 15.9. The normalized spacial score (nSPS) is 14.3. The molecule has 0 aliphatic carbocycles. The van der Waals surface area contributed by atoms with Gasteiger partial charge in [-0.25, -0.2) is 4.98 Å². The van der Waals surface area contributed by atoms with E-state index < -0.39 is 0 Å². The second-order valence-corrected chi connectivity index (χ2v) is 24.5. The number of para-hydroxylation sites is 8. The van der Waals surface area contributed by atoms with E-state index in [1.54, 1.807) is 0 Å². The lowest BCUT2D eigenvalue weighted by molar-refractivity contribution is 0.626. The number of pyridine rings is 1. The molecule has 19 rings (SSSR count). The van der Waals surface area contributed by atoms with Crippen LogP contribution >= 0.6 is 0 Å². The van der Waals surface area contributed by atoms with E-state index >= 15 is 0 Å². The third-order valence-corrected chi connectivity index (χ3v) is 19.8. The molecule has 15 aromatic rings. The predicted molar refractivity (Wildman–Crippen MR) is 374 cm³/mol. The van der Waals surface area contributed by atoms with Gasteiger partial charge < -0.3 is 14.4 Å². The molecule has 7 heterocycles. The van der Waals surface area contributed by atoms with Crippen LogP contribution in [0.25, 0.3) is 55.1 Å². The van der Waals surface area contributed by atoms with Gasteiger partial charge in [0.1, 0.15) is 11.6 Å². The number of anilines is 9. The van der Waals surface area contributed by atoms with Gasteiger partial charge >= 0.3 is 0 Å². The molecule has 12 aromatic carbocycles. The van der Waals surface area contributed by atoms with Crippen LogP contribution in [0.3, 0.4) is 0 Å². The number of fused-ring (bicyclic) bond motifs is 14. The van der Waals surface area contributed by atoms with Gasteiger partial charge in [0, 0.05) is 78.8 Å². The van der Waals surface area contributed by atoms with Gasteiger partial charge in [0.25, 0.3) is 6.71 Å². The summed E-state index contributed by atoms with van der Waals surface area (Å²) in [6.07, 6.45) is 2.91. The highest BCUT2D eigenvalue weighted by Crippen LogP contribution is 2.49. The lowest BCUT2D eigenvalue weighted by Crippen LogP contribution is -2.64. The molecule has 6 nitrogen and oxygen atoms in total. The molecule has 89 heavy (non-hydrogen) atoms. The minimum absolute atomic E-state index is 0.0908. The zero-order valence-electron chi connectivity index (χ0n) is 48.8. The molecule has 0 saturated heterocycles. The number of benzene rings is 12. The van der Waals surface area contributed by atoms with E-state index in [4.69, 9.17) is 4.98 Å². The van der Waals surface area contributed by atoms with Gasteiger partial charge in [0.15, 0.2) is 0 Å². The Morgan fingerprint density at radius 3 is 1.40 bits per heavy atom. The number of aromatic nitrogens is 3. The zero-order chi connectivity index (χ0) is 58.3. The summed E-state index contributed by atoms with van der Waals surface area (Å²) in [7, 11) is 0. The van der Waals surface area contributed by atoms with Gasteiger partial charge in [-0.1, -0.05) is 212 Å². The van der Waals surface area contributed by atoms with Crippen LogP contribution in [0.2, 0.25) is 0 Å². The Balaban J connectivity index is 0.932. The minimum atomic E-state index is -0.181. The van der Waals surface area contributed by atoms with E-state index in [9.17, 15) is 0 Å². The topological polar surface area (TPSA) is 32.5 Å². The molecule has 416 valence electrons. The number of nitrogens with zero attached hydrogens (tertiary/aromatic N) is 6. The minimum Gasteiger partial charge on any atom is -0.311 e. The molecule has 0 radical (unpaired) electrons. The molecule has 0 N–H and O–H groups in total. The van der Waals surface area contributed by atoms with Gasteiger partial charge in [-0.3, -0.25) is 9.47 Å². The van der Waals surface area contributed by atoms with E-state index in [2.05, 4.69) is 321 Å². The quantitative estimate of drug-likeness (QED) is 0.142. The van der Waals surface area contributed by atoms with Crippen LogP contribution in [0.15, 0.2) is 297 Å². The molecule has 0 spiro atoms. The molecule has 1 atom stereocenters. The van der Waals surface area contributed by atoms with Crippen LogP contribution in [0.1, 0.15) is 29.0 Å². The summed E-state index contributed by atoms with van der Waals surface area (Å²) in [5, 5.41) is 4.91. The lowest BCUT2D eigenvalue weighted by Gasteiger charge is -2.45. The third kappa shape index (κ3) is 7.50. The van der Waals surface area contributed by atoms with Crippen LogP contribution in [-0.4, -0.2) is 27.5 Å². The van der Waals surface area contributed by atoms with Crippen LogP contribution in [-0.2, 0) is 12.8 Å². The SMILES string of the molecule is c1ccc(CCC2Cc3cc(-n4c5ccccc5c5ccccc54)cc4c3B(c3ccccc32)c2cc3c(cc2N4c2ccccc2)N(c2ccccc2)c2nc(-n4c5ccccc5c5ccccc54)cc4c2B3c2ccccc2N4c2ccccc2)cc1. The Kier molecular flexibility index (Phi) is 11.1. The van der Waals surface area contributed by atoms with Crippen molar-refractivity contribution in [2.75, 3.05) is 14.7 Å². The van der Waals surface area contributed by atoms with Crippen LogP contribution in [0, 0.1) is 0 Å². The van der Waals surface area contributed by atoms with Crippen molar-refractivity contribution in [2.45, 2.75) is 25.2 Å². The molecule has 0 amide bonds. The smallest absolute Gasteiger partial charge is 0.254 e. The molecule has 0 saturated carbocycles. The maximum atomic E-state index is 6.11. The van der Waals surface area contributed by atoms with Crippen molar-refractivity contribution in [1.29, 1.82) is 0 Å². The van der Waals surface area contributed by atoms with Gasteiger partial charge in [-0.15, -0.1) is 0 Å². The molecule has 0 fully saturated rings. The largest absolute Gasteiger partial charge is 0.311 e. The number of aryl methyl sites for hydroxylation is 1. The molecule has 4 aliphatic heterocycles. The Hall–Kier alpha value is -11.1. The van der Waals surface area contributed by atoms with Crippen molar-refractivity contribution < 1.29 is 0 Å². The Morgan fingerprint density at radius 1 is 0.337 bits per heavy atom. The zero-order valence-corrected chi connectivity index (χ0v) is 48.8. The average molecular weight is 1140 g/mol. The summed E-state index contributed by atoms with van der Waals surface area (Å²) in [5.74, 6) is 2.03. The van der Waals surface area contributed by atoms with Crippen molar-refractivity contribution in [1.82, 2.24) is 14.1 Å². The van der Waals surface area contributed by atoms with E-state index in [0.717, 1.165) is 81.7 Å². The maximum absolute atomic E-state index is 6.11. The summed E-state index contributed by atoms with van der Waals surface area (Å²) in [6.45, 7) is -0.272. The second kappa shape index (κ2) is 19.7. The summed E-state index contributed by atoms with van der Waals surface area (Å²) >= 11 is 0. The highest BCUT2D eigenvalue weighted by Gasteiger charge is 2.48. The van der Waals surface area contributed by atoms with E-state index in [0.29, 0.717) is 0 Å². The second-order valence-electron chi connectivity index (χ2n) is 24.5. The first-order chi connectivity index (χ1) is 44.2. The molecule has 8 heteroatoms. The molecular formula is C81H56B2N6. The molecule has 0 bridgehead atoms. The highest BCUT2D eigenvalue weighted by molar-refractivity contribution is 7.02. The fourth-order valence-corrected chi connectivity index (χ4v) is 16.2. The summed E-state index contributed by atoms with van der Waals surface area (Å²) in [6, 6.07) is 111. The van der Waals surface area contributed by atoms with Gasteiger partial charge in [-0.05, 0) is 154 Å².